The second kappa shape index (κ2) is 12.2. The van der Waals surface area contributed by atoms with Crippen LogP contribution in [0.2, 0.25) is 0 Å². The highest BCUT2D eigenvalue weighted by Gasteiger charge is 2.15. The van der Waals surface area contributed by atoms with Crippen LogP contribution in [0.1, 0.15) is 18.4 Å². The Morgan fingerprint density at radius 1 is 0.919 bits per heavy atom. The predicted octanol–water partition coefficient (Wildman–Crippen LogP) is 4.33. The fraction of sp³-hybridized carbons (Fsp3) is 0.231. The predicted molar refractivity (Wildman–Crippen MR) is 141 cm³/mol. The van der Waals surface area contributed by atoms with Gasteiger partial charge in [0.25, 0.3) is 5.69 Å². The van der Waals surface area contributed by atoms with Crippen LogP contribution in [0.15, 0.2) is 84.0 Å². The third-order valence-corrected chi connectivity index (χ3v) is 7.10. The second-order valence-electron chi connectivity index (χ2n) is 8.27. The van der Waals surface area contributed by atoms with Crippen LogP contribution in [0.25, 0.3) is 10.9 Å². The molecule has 11 heteroatoms. The monoisotopic (exact) mass is 521 g/mol. The summed E-state index contributed by atoms with van der Waals surface area (Å²) in [5.74, 6) is 1.39. The Morgan fingerprint density at radius 2 is 1.70 bits per heavy atom. The van der Waals surface area contributed by atoms with Gasteiger partial charge >= 0.3 is 0 Å². The number of nitrogens with one attached hydrogen (secondary N) is 2. The van der Waals surface area contributed by atoms with Crippen LogP contribution >= 0.6 is 0 Å². The molecule has 2 N–H and O–H groups in total. The molecular formula is C26H27N5O5S. The number of nitro groups is 1. The van der Waals surface area contributed by atoms with Gasteiger partial charge in [-0.15, -0.1) is 0 Å². The van der Waals surface area contributed by atoms with Gasteiger partial charge < -0.3 is 10.1 Å². The molecule has 0 bridgehead atoms. The maximum atomic E-state index is 12.3. The Balaban J connectivity index is 1.24. The van der Waals surface area contributed by atoms with Crippen molar-refractivity contribution in [3.63, 3.8) is 0 Å². The van der Waals surface area contributed by atoms with Crippen LogP contribution in [-0.4, -0.2) is 43.0 Å². The molecule has 10 nitrogen and oxygen atoms in total. The minimum Gasteiger partial charge on any atom is -0.493 e. The summed E-state index contributed by atoms with van der Waals surface area (Å²) in [4.78, 5) is 18.8. The van der Waals surface area contributed by atoms with Crippen molar-refractivity contribution in [1.29, 1.82) is 0 Å². The number of nitrogens with zero attached hydrogens (tertiary/aromatic N) is 3. The number of fused-ring (bicyclic) bond motifs is 1. The number of nitro benzene ring substituents is 1. The van der Waals surface area contributed by atoms with Gasteiger partial charge in [0.15, 0.2) is 0 Å². The second-order valence-corrected chi connectivity index (χ2v) is 10.0. The number of ether oxygens (including phenoxy) is 1. The van der Waals surface area contributed by atoms with E-state index in [1.807, 2.05) is 36.4 Å². The molecule has 0 unspecified atom stereocenters. The topological polar surface area (TPSA) is 136 Å². The summed E-state index contributed by atoms with van der Waals surface area (Å²) < 4.78 is 32.9. The molecular weight excluding hydrogens is 494 g/mol. The lowest BCUT2D eigenvalue weighted by atomic mass is 10.1. The van der Waals surface area contributed by atoms with Gasteiger partial charge in [-0.05, 0) is 49.1 Å². The lowest BCUT2D eigenvalue weighted by molar-refractivity contribution is -0.384. The van der Waals surface area contributed by atoms with E-state index in [0.717, 1.165) is 48.2 Å². The van der Waals surface area contributed by atoms with E-state index >= 15 is 0 Å². The van der Waals surface area contributed by atoms with Crippen molar-refractivity contribution >= 4 is 32.4 Å². The molecule has 4 rings (SSSR count). The third-order valence-electron chi connectivity index (χ3n) is 5.63. The lowest BCUT2D eigenvalue weighted by Crippen LogP contribution is -2.25. The van der Waals surface area contributed by atoms with Gasteiger partial charge in [-0.1, -0.05) is 30.3 Å². The maximum Gasteiger partial charge on any atom is 0.269 e. The lowest BCUT2D eigenvalue weighted by Gasteiger charge is -2.11. The highest BCUT2D eigenvalue weighted by atomic mass is 32.2. The summed E-state index contributed by atoms with van der Waals surface area (Å²) in [6, 6.07) is 20.6. The first kappa shape index (κ1) is 26.0. The molecule has 1 heterocycles. The third kappa shape index (κ3) is 7.21. The first-order valence-electron chi connectivity index (χ1n) is 11.8. The largest absolute Gasteiger partial charge is 0.493 e. The maximum absolute atomic E-state index is 12.3. The number of hydrogen-bond donors (Lipinski definition) is 2. The molecule has 0 saturated carbocycles. The average molecular weight is 522 g/mol. The molecule has 1 aromatic heterocycles. The molecule has 0 aliphatic carbocycles. The minimum atomic E-state index is -3.76. The number of sulfonamides is 1. The molecule has 37 heavy (non-hydrogen) atoms. The molecule has 0 aliphatic rings. The normalized spacial score (nSPS) is 11.4. The first-order chi connectivity index (χ1) is 17.9. The van der Waals surface area contributed by atoms with Gasteiger partial charge in [-0.2, -0.15) is 0 Å². The number of benzene rings is 3. The van der Waals surface area contributed by atoms with Gasteiger partial charge in [-0.3, -0.25) is 10.1 Å². The Morgan fingerprint density at radius 3 is 2.46 bits per heavy atom. The van der Waals surface area contributed by atoms with Crippen molar-refractivity contribution in [2.24, 2.45) is 0 Å². The summed E-state index contributed by atoms with van der Waals surface area (Å²) in [5.41, 5.74) is 1.88. The highest BCUT2D eigenvalue weighted by Crippen LogP contribution is 2.24. The zero-order valence-corrected chi connectivity index (χ0v) is 20.9. The number of non-ortho nitro benzene ring substituents is 1. The zero-order valence-electron chi connectivity index (χ0n) is 20.0. The van der Waals surface area contributed by atoms with Crippen molar-refractivity contribution in [2.45, 2.75) is 24.2 Å². The number of hydrogen-bond acceptors (Lipinski definition) is 8. The van der Waals surface area contributed by atoms with Crippen LogP contribution in [0.5, 0.6) is 5.75 Å². The minimum absolute atomic E-state index is 0.0299. The molecule has 0 fully saturated rings. The van der Waals surface area contributed by atoms with Crippen LogP contribution in [0.3, 0.4) is 0 Å². The van der Waals surface area contributed by atoms with Gasteiger partial charge in [0.1, 0.15) is 17.9 Å². The van der Waals surface area contributed by atoms with Gasteiger partial charge in [0, 0.05) is 36.7 Å². The summed E-state index contributed by atoms with van der Waals surface area (Å²) >= 11 is 0. The molecule has 0 amide bonds. The van der Waals surface area contributed by atoms with E-state index in [1.165, 1.54) is 24.0 Å². The Hall–Kier alpha value is -4.09. The van der Waals surface area contributed by atoms with Crippen molar-refractivity contribution < 1.29 is 18.1 Å². The highest BCUT2D eigenvalue weighted by molar-refractivity contribution is 7.89. The van der Waals surface area contributed by atoms with Crippen molar-refractivity contribution in [2.75, 3.05) is 25.0 Å². The van der Waals surface area contributed by atoms with E-state index in [0.29, 0.717) is 18.8 Å². The molecule has 0 atom stereocenters. The standard InChI is InChI=1S/C26H27N5O5S/c32-31(33)21-9-12-23(13-10-21)37(34,35)30-16-5-17-36-22-11-14-24-25(18-22)28-19-29-26(24)27-15-4-8-20-6-2-1-3-7-20/h1-3,6-7,9-14,18-19,30H,4-5,8,15-17H2,(H,27,28,29). The number of rotatable bonds is 13. The van der Waals surface area contributed by atoms with Crippen LogP contribution in [0, 0.1) is 10.1 Å². The average Bonchev–Trinajstić information content (AvgIpc) is 2.91. The molecule has 0 spiro atoms. The van der Waals surface area contributed by atoms with Crippen molar-refractivity contribution in [1.82, 2.24) is 14.7 Å². The molecule has 0 radical (unpaired) electrons. The van der Waals surface area contributed by atoms with Crippen LogP contribution in [-0.2, 0) is 16.4 Å². The fourth-order valence-corrected chi connectivity index (χ4v) is 4.78. The zero-order chi connectivity index (χ0) is 26.1. The summed E-state index contributed by atoms with van der Waals surface area (Å²) in [6.45, 7) is 1.24. The number of aryl methyl sites for hydroxylation is 1. The van der Waals surface area contributed by atoms with E-state index in [4.69, 9.17) is 4.74 Å². The van der Waals surface area contributed by atoms with E-state index in [1.54, 1.807) is 0 Å². The van der Waals surface area contributed by atoms with Crippen molar-refractivity contribution in [3.05, 3.63) is 94.8 Å². The summed E-state index contributed by atoms with van der Waals surface area (Å²) in [6.07, 6.45) is 3.91. The molecule has 3 aromatic carbocycles. The Bertz CT molecular complexity index is 1450. The van der Waals surface area contributed by atoms with Crippen LogP contribution < -0.4 is 14.8 Å². The van der Waals surface area contributed by atoms with Crippen LogP contribution in [0.4, 0.5) is 11.5 Å². The van der Waals surface area contributed by atoms with Gasteiger partial charge in [0.2, 0.25) is 10.0 Å². The summed E-state index contributed by atoms with van der Waals surface area (Å²) in [5, 5.41) is 15.0. The summed E-state index contributed by atoms with van der Waals surface area (Å²) in [7, 11) is -3.76. The molecule has 4 aromatic rings. The quantitative estimate of drug-likeness (QED) is 0.151. The Kier molecular flexibility index (Phi) is 8.60. The van der Waals surface area contributed by atoms with E-state index in [9.17, 15) is 18.5 Å². The van der Waals surface area contributed by atoms with Gasteiger partial charge in [-0.25, -0.2) is 23.1 Å². The number of aromatic nitrogens is 2. The van der Waals surface area contributed by atoms with Gasteiger partial charge in [0.05, 0.1) is 21.9 Å². The number of anilines is 1. The SMILES string of the molecule is O=[N+]([O-])c1ccc(S(=O)(=O)NCCCOc2ccc3c(NCCCc4ccccc4)ncnc3c2)cc1. The fourth-order valence-electron chi connectivity index (χ4n) is 3.71. The molecule has 192 valence electrons. The van der Waals surface area contributed by atoms with E-state index < -0.39 is 14.9 Å². The van der Waals surface area contributed by atoms with E-state index in [-0.39, 0.29) is 17.1 Å². The Labute approximate surface area is 214 Å². The molecule has 0 aliphatic heterocycles. The van der Waals surface area contributed by atoms with E-state index in [2.05, 4.69) is 32.1 Å². The first-order valence-corrected chi connectivity index (χ1v) is 13.3. The smallest absolute Gasteiger partial charge is 0.269 e. The van der Waals surface area contributed by atoms with Crippen molar-refractivity contribution in [3.8, 4) is 5.75 Å². The molecule has 0 saturated heterocycles.